The third-order valence-electron chi connectivity index (χ3n) is 3.81. The number of para-hydroxylation sites is 1. The summed E-state index contributed by atoms with van der Waals surface area (Å²) < 4.78 is 5.24. The van der Waals surface area contributed by atoms with Gasteiger partial charge >= 0.3 is 5.97 Å². The summed E-state index contributed by atoms with van der Waals surface area (Å²) in [6.07, 6.45) is 1.92. The van der Waals surface area contributed by atoms with E-state index in [0.717, 1.165) is 16.5 Å². The number of aromatic amines is 1. The number of carbonyl (C=O) groups is 2. The second-order valence-corrected chi connectivity index (χ2v) is 5.58. The number of amides is 1. The Hall–Kier alpha value is -3.09. The van der Waals surface area contributed by atoms with E-state index >= 15 is 0 Å². The zero-order chi connectivity index (χ0) is 17.3. The van der Waals surface area contributed by atoms with Crippen LogP contribution in [-0.2, 0) is 11.2 Å². The number of rotatable bonds is 5. The van der Waals surface area contributed by atoms with E-state index < -0.39 is 17.9 Å². The van der Waals surface area contributed by atoms with Gasteiger partial charge in [0, 0.05) is 30.4 Å². The van der Waals surface area contributed by atoms with E-state index in [1.54, 1.807) is 20.0 Å². The lowest BCUT2D eigenvalue weighted by Gasteiger charge is -2.13. The van der Waals surface area contributed by atoms with Crippen LogP contribution in [0.1, 0.15) is 27.7 Å². The molecule has 124 valence electrons. The first-order chi connectivity index (χ1) is 11.5. The number of benzene rings is 1. The molecule has 0 aliphatic carbocycles. The van der Waals surface area contributed by atoms with Crippen molar-refractivity contribution in [3.63, 3.8) is 0 Å². The maximum Gasteiger partial charge on any atom is 0.326 e. The largest absolute Gasteiger partial charge is 0.480 e. The molecule has 3 aromatic rings. The molecule has 1 atom stereocenters. The quantitative estimate of drug-likeness (QED) is 0.666. The molecule has 3 N–H and O–H groups in total. The maximum absolute atomic E-state index is 12.3. The molecule has 2 aromatic heterocycles. The molecule has 0 aliphatic heterocycles. The van der Waals surface area contributed by atoms with E-state index in [4.69, 9.17) is 4.42 Å². The molecule has 0 radical (unpaired) electrons. The van der Waals surface area contributed by atoms with Crippen molar-refractivity contribution in [1.82, 2.24) is 15.3 Å². The van der Waals surface area contributed by atoms with Crippen molar-refractivity contribution in [2.24, 2.45) is 0 Å². The molecule has 24 heavy (non-hydrogen) atoms. The third kappa shape index (κ3) is 3.01. The minimum absolute atomic E-state index is 0.0395. The number of oxazole rings is 1. The molecule has 0 bridgehead atoms. The van der Waals surface area contributed by atoms with Crippen LogP contribution >= 0.6 is 0 Å². The Kier molecular flexibility index (Phi) is 4.07. The molecule has 7 heteroatoms. The minimum atomic E-state index is -1.11. The van der Waals surface area contributed by atoms with Gasteiger partial charge in [-0.2, -0.15) is 0 Å². The Balaban J connectivity index is 1.81. The van der Waals surface area contributed by atoms with Crippen molar-refractivity contribution in [3.8, 4) is 0 Å². The number of nitrogens with zero attached hydrogens (tertiary/aromatic N) is 1. The topological polar surface area (TPSA) is 108 Å². The first-order valence-electron chi connectivity index (χ1n) is 7.48. The molecule has 1 amide bonds. The van der Waals surface area contributed by atoms with Crippen molar-refractivity contribution in [1.29, 1.82) is 0 Å². The summed E-state index contributed by atoms with van der Waals surface area (Å²) in [6, 6.07) is 6.53. The Labute approximate surface area is 137 Å². The number of aliphatic carboxylic acids is 1. The van der Waals surface area contributed by atoms with Gasteiger partial charge in [0.2, 0.25) is 5.76 Å². The van der Waals surface area contributed by atoms with Crippen LogP contribution in [0.3, 0.4) is 0 Å². The van der Waals surface area contributed by atoms with E-state index in [0.29, 0.717) is 11.6 Å². The SMILES string of the molecule is Cc1nc(C)c(C(=O)N[C@H](Cc2c[nH]c3ccccc23)C(=O)O)o1. The lowest BCUT2D eigenvalue weighted by atomic mass is 10.0. The molecule has 0 saturated carbocycles. The van der Waals surface area contributed by atoms with Crippen molar-refractivity contribution >= 4 is 22.8 Å². The van der Waals surface area contributed by atoms with Crippen molar-refractivity contribution in [3.05, 3.63) is 53.4 Å². The summed E-state index contributed by atoms with van der Waals surface area (Å²) in [5.74, 6) is -1.29. The van der Waals surface area contributed by atoms with Crippen molar-refractivity contribution in [2.75, 3.05) is 0 Å². The molecule has 0 fully saturated rings. The van der Waals surface area contributed by atoms with Gasteiger partial charge in [-0.1, -0.05) is 18.2 Å². The minimum Gasteiger partial charge on any atom is -0.480 e. The zero-order valence-corrected chi connectivity index (χ0v) is 13.3. The number of carboxylic acids is 1. The fourth-order valence-electron chi connectivity index (χ4n) is 2.69. The van der Waals surface area contributed by atoms with E-state index in [1.165, 1.54) is 0 Å². The van der Waals surface area contributed by atoms with E-state index in [1.807, 2.05) is 24.3 Å². The fraction of sp³-hybridized carbons (Fsp3) is 0.235. The number of hydrogen-bond donors (Lipinski definition) is 3. The zero-order valence-electron chi connectivity index (χ0n) is 13.3. The number of aromatic nitrogens is 2. The van der Waals surface area contributed by atoms with Crippen LogP contribution in [0.5, 0.6) is 0 Å². The lowest BCUT2D eigenvalue weighted by molar-refractivity contribution is -0.139. The predicted octanol–water partition coefficient (Wildman–Crippen LogP) is 2.20. The van der Waals surface area contributed by atoms with Gasteiger partial charge in [-0.05, 0) is 18.6 Å². The van der Waals surface area contributed by atoms with Gasteiger partial charge in [0.15, 0.2) is 5.89 Å². The molecule has 2 heterocycles. The molecule has 1 aromatic carbocycles. The van der Waals surface area contributed by atoms with E-state index in [2.05, 4.69) is 15.3 Å². The van der Waals surface area contributed by atoms with Crippen LogP contribution in [0.4, 0.5) is 0 Å². The monoisotopic (exact) mass is 327 g/mol. The number of fused-ring (bicyclic) bond motifs is 1. The number of aryl methyl sites for hydroxylation is 2. The van der Waals surface area contributed by atoms with Gasteiger partial charge in [0.05, 0.1) is 5.69 Å². The number of H-pyrrole nitrogens is 1. The molecule has 0 saturated heterocycles. The smallest absolute Gasteiger partial charge is 0.326 e. The Morgan fingerprint density at radius 3 is 2.75 bits per heavy atom. The summed E-state index contributed by atoms with van der Waals surface area (Å²) in [4.78, 5) is 30.9. The van der Waals surface area contributed by atoms with Crippen LogP contribution < -0.4 is 5.32 Å². The molecule has 0 aliphatic rings. The van der Waals surface area contributed by atoms with Gasteiger partial charge in [-0.3, -0.25) is 4.79 Å². The van der Waals surface area contributed by atoms with Gasteiger partial charge in [0.1, 0.15) is 6.04 Å². The second kappa shape index (κ2) is 6.19. The molecule has 0 unspecified atom stereocenters. The van der Waals surface area contributed by atoms with Gasteiger partial charge in [-0.25, -0.2) is 9.78 Å². The average molecular weight is 327 g/mol. The van der Waals surface area contributed by atoms with Crippen LogP contribution in [0.2, 0.25) is 0 Å². The Morgan fingerprint density at radius 2 is 2.08 bits per heavy atom. The number of hydrogen-bond acceptors (Lipinski definition) is 4. The highest BCUT2D eigenvalue weighted by Gasteiger charge is 2.25. The first kappa shape index (κ1) is 15.8. The summed E-state index contributed by atoms with van der Waals surface area (Å²) >= 11 is 0. The molecule has 7 nitrogen and oxygen atoms in total. The standard InChI is InChI=1S/C17H17N3O4/c1-9-15(24-10(2)19-9)16(21)20-14(17(22)23)7-11-8-18-13-6-4-3-5-12(11)13/h3-6,8,14,18H,7H2,1-2H3,(H,20,21)(H,22,23)/t14-/m1/s1. The number of carboxylic acid groups (broad SMARTS) is 1. The second-order valence-electron chi connectivity index (χ2n) is 5.58. The van der Waals surface area contributed by atoms with Gasteiger partial charge in [-0.15, -0.1) is 0 Å². The van der Waals surface area contributed by atoms with Gasteiger partial charge in [0.25, 0.3) is 5.91 Å². The summed E-state index contributed by atoms with van der Waals surface area (Å²) in [7, 11) is 0. The first-order valence-corrected chi connectivity index (χ1v) is 7.48. The van der Waals surface area contributed by atoms with Crippen LogP contribution in [0, 0.1) is 13.8 Å². The van der Waals surface area contributed by atoms with Crippen molar-refractivity contribution < 1.29 is 19.1 Å². The Morgan fingerprint density at radius 1 is 1.33 bits per heavy atom. The van der Waals surface area contributed by atoms with E-state index in [-0.39, 0.29) is 12.2 Å². The maximum atomic E-state index is 12.3. The highest BCUT2D eigenvalue weighted by molar-refractivity contribution is 5.95. The molecule has 0 spiro atoms. The number of nitrogens with one attached hydrogen (secondary N) is 2. The lowest BCUT2D eigenvalue weighted by Crippen LogP contribution is -2.42. The Bertz CT molecular complexity index is 910. The van der Waals surface area contributed by atoms with Crippen LogP contribution in [0.15, 0.2) is 34.9 Å². The predicted molar refractivity (Wildman–Crippen MR) is 86.9 cm³/mol. The molecular weight excluding hydrogens is 310 g/mol. The van der Waals surface area contributed by atoms with Crippen molar-refractivity contribution in [2.45, 2.75) is 26.3 Å². The molecular formula is C17H17N3O4. The van der Waals surface area contributed by atoms with Crippen LogP contribution in [-0.4, -0.2) is 33.0 Å². The normalized spacial score (nSPS) is 12.2. The summed E-state index contributed by atoms with van der Waals surface area (Å²) in [6.45, 7) is 3.27. The highest BCUT2D eigenvalue weighted by atomic mass is 16.4. The highest BCUT2D eigenvalue weighted by Crippen LogP contribution is 2.19. The van der Waals surface area contributed by atoms with Gasteiger partial charge < -0.3 is 19.8 Å². The molecule has 3 rings (SSSR count). The average Bonchev–Trinajstić information content (AvgIpc) is 3.09. The fourth-order valence-corrected chi connectivity index (χ4v) is 2.69. The number of carbonyl (C=O) groups excluding carboxylic acids is 1. The third-order valence-corrected chi connectivity index (χ3v) is 3.81. The summed E-state index contributed by atoms with van der Waals surface area (Å²) in [5.41, 5.74) is 2.18. The summed E-state index contributed by atoms with van der Waals surface area (Å²) in [5, 5.41) is 12.9. The van der Waals surface area contributed by atoms with E-state index in [9.17, 15) is 14.7 Å². The van der Waals surface area contributed by atoms with Crippen LogP contribution in [0.25, 0.3) is 10.9 Å².